The molecular weight excluding hydrogens is 242 g/mol. The largest absolute Gasteiger partial charge is 0.491 e. The van der Waals surface area contributed by atoms with Gasteiger partial charge >= 0.3 is 5.97 Å². The van der Waals surface area contributed by atoms with Crippen LogP contribution in [0.1, 0.15) is 37.0 Å². The van der Waals surface area contributed by atoms with E-state index in [1.807, 2.05) is 0 Å². The van der Waals surface area contributed by atoms with Crippen LogP contribution in [-0.4, -0.2) is 42.2 Å². The number of aromatic carboxylic acids is 1. The van der Waals surface area contributed by atoms with Gasteiger partial charge in [0.2, 0.25) is 0 Å². The van der Waals surface area contributed by atoms with Crippen molar-refractivity contribution < 1.29 is 14.6 Å². The van der Waals surface area contributed by atoms with E-state index in [0.29, 0.717) is 12.4 Å². The predicted octanol–water partition coefficient (Wildman–Crippen LogP) is 2.89. The van der Waals surface area contributed by atoms with Gasteiger partial charge in [-0.05, 0) is 38.1 Å². The smallest absolute Gasteiger partial charge is 0.339 e. The summed E-state index contributed by atoms with van der Waals surface area (Å²) < 4.78 is 5.60. The minimum absolute atomic E-state index is 0.222. The van der Waals surface area contributed by atoms with Crippen LogP contribution in [0.2, 0.25) is 0 Å². The van der Waals surface area contributed by atoms with Gasteiger partial charge in [-0.25, -0.2) is 4.79 Å². The molecule has 0 saturated heterocycles. The lowest BCUT2D eigenvalue weighted by atomic mass is 10.2. The summed E-state index contributed by atoms with van der Waals surface area (Å²) >= 11 is 0. The molecule has 1 aromatic rings. The molecule has 0 radical (unpaired) electrons. The van der Waals surface area contributed by atoms with E-state index in [0.717, 1.165) is 32.5 Å². The lowest BCUT2D eigenvalue weighted by Crippen LogP contribution is -2.30. The zero-order valence-corrected chi connectivity index (χ0v) is 11.8. The maximum atomic E-state index is 11.0. The molecule has 1 rings (SSSR count). The van der Waals surface area contributed by atoms with Crippen LogP contribution in [0.3, 0.4) is 0 Å². The molecule has 0 fully saturated rings. The third-order valence-electron chi connectivity index (χ3n) is 2.86. The molecule has 19 heavy (non-hydrogen) atoms. The molecule has 4 heteroatoms. The van der Waals surface area contributed by atoms with Crippen molar-refractivity contribution in [1.82, 2.24) is 4.90 Å². The molecule has 0 amide bonds. The van der Waals surface area contributed by atoms with Crippen LogP contribution >= 0.6 is 0 Å². The molecule has 0 aliphatic carbocycles. The van der Waals surface area contributed by atoms with Gasteiger partial charge in [0, 0.05) is 6.54 Å². The second-order valence-electron chi connectivity index (χ2n) is 4.49. The van der Waals surface area contributed by atoms with Crippen molar-refractivity contribution in [2.24, 2.45) is 0 Å². The highest BCUT2D eigenvalue weighted by atomic mass is 16.5. The zero-order chi connectivity index (χ0) is 14.1. The molecule has 0 aromatic heterocycles. The van der Waals surface area contributed by atoms with Crippen LogP contribution in [0.5, 0.6) is 5.75 Å². The second-order valence-corrected chi connectivity index (χ2v) is 4.49. The number of nitrogens with zero attached hydrogens (tertiary/aromatic N) is 1. The summed E-state index contributed by atoms with van der Waals surface area (Å²) in [7, 11) is 0. The minimum atomic E-state index is -0.949. The van der Waals surface area contributed by atoms with Crippen molar-refractivity contribution >= 4 is 5.97 Å². The fourth-order valence-electron chi connectivity index (χ4n) is 2.02. The summed E-state index contributed by atoms with van der Waals surface area (Å²) in [5, 5.41) is 9.05. The fraction of sp³-hybridized carbons (Fsp3) is 0.533. The van der Waals surface area contributed by atoms with Crippen molar-refractivity contribution in [3.63, 3.8) is 0 Å². The molecule has 0 unspecified atom stereocenters. The number of carboxylic acid groups (broad SMARTS) is 1. The van der Waals surface area contributed by atoms with Crippen molar-refractivity contribution in [3.8, 4) is 5.75 Å². The van der Waals surface area contributed by atoms with Gasteiger partial charge in [-0.15, -0.1) is 0 Å². The highest BCUT2D eigenvalue weighted by Gasteiger charge is 2.10. The molecule has 0 heterocycles. The number of hydrogen-bond acceptors (Lipinski definition) is 3. The lowest BCUT2D eigenvalue weighted by Gasteiger charge is -2.21. The van der Waals surface area contributed by atoms with E-state index in [2.05, 4.69) is 18.7 Å². The number of carboxylic acids is 1. The number of ether oxygens (including phenoxy) is 1. The Morgan fingerprint density at radius 1 is 1.16 bits per heavy atom. The summed E-state index contributed by atoms with van der Waals surface area (Å²) in [6.45, 7) is 7.77. The van der Waals surface area contributed by atoms with Crippen LogP contribution < -0.4 is 4.74 Å². The Balaban J connectivity index is 2.50. The second kappa shape index (κ2) is 8.53. The minimum Gasteiger partial charge on any atom is -0.491 e. The van der Waals surface area contributed by atoms with Gasteiger partial charge in [-0.2, -0.15) is 0 Å². The molecule has 0 saturated carbocycles. The van der Waals surface area contributed by atoms with E-state index < -0.39 is 5.97 Å². The first-order valence-corrected chi connectivity index (χ1v) is 6.86. The SMILES string of the molecule is CCCN(CCC)CCOc1ccccc1C(=O)O. The Kier molecular flexibility index (Phi) is 6.97. The van der Waals surface area contributed by atoms with Gasteiger partial charge in [0.05, 0.1) is 0 Å². The summed E-state index contributed by atoms with van der Waals surface area (Å²) in [4.78, 5) is 13.4. The van der Waals surface area contributed by atoms with Crippen LogP contribution in [0.4, 0.5) is 0 Å². The van der Waals surface area contributed by atoms with E-state index in [9.17, 15) is 4.79 Å². The van der Waals surface area contributed by atoms with Crippen molar-refractivity contribution in [2.75, 3.05) is 26.2 Å². The average Bonchev–Trinajstić information content (AvgIpc) is 2.39. The number of hydrogen-bond donors (Lipinski definition) is 1. The van der Waals surface area contributed by atoms with E-state index in [1.165, 1.54) is 0 Å². The van der Waals surface area contributed by atoms with Gasteiger partial charge in [0.1, 0.15) is 17.9 Å². The fourth-order valence-corrected chi connectivity index (χ4v) is 2.02. The maximum absolute atomic E-state index is 11.0. The molecule has 0 atom stereocenters. The Bertz CT molecular complexity index is 387. The lowest BCUT2D eigenvalue weighted by molar-refractivity contribution is 0.0691. The highest BCUT2D eigenvalue weighted by molar-refractivity contribution is 5.90. The number of carbonyl (C=O) groups is 1. The first-order valence-electron chi connectivity index (χ1n) is 6.86. The Morgan fingerprint density at radius 2 is 1.79 bits per heavy atom. The molecule has 106 valence electrons. The van der Waals surface area contributed by atoms with E-state index in [1.54, 1.807) is 24.3 Å². The monoisotopic (exact) mass is 265 g/mol. The van der Waals surface area contributed by atoms with E-state index in [-0.39, 0.29) is 5.56 Å². The molecule has 0 bridgehead atoms. The summed E-state index contributed by atoms with van der Waals surface area (Å²) in [5.74, 6) is -0.502. The van der Waals surface area contributed by atoms with Crippen molar-refractivity contribution in [1.29, 1.82) is 0 Å². The van der Waals surface area contributed by atoms with Crippen molar-refractivity contribution in [3.05, 3.63) is 29.8 Å². The molecule has 1 aromatic carbocycles. The molecule has 0 spiro atoms. The van der Waals surface area contributed by atoms with Crippen LogP contribution in [0.25, 0.3) is 0 Å². The molecule has 0 aliphatic heterocycles. The highest BCUT2D eigenvalue weighted by Crippen LogP contribution is 2.17. The van der Waals surface area contributed by atoms with Crippen LogP contribution in [0.15, 0.2) is 24.3 Å². The van der Waals surface area contributed by atoms with Crippen molar-refractivity contribution in [2.45, 2.75) is 26.7 Å². The Morgan fingerprint density at radius 3 is 2.37 bits per heavy atom. The number of benzene rings is 1. The summed E-state index contributed by atoms with van der Waals surface area (Å²) in [6.07, 6.45) is 2.23. The zero-order valence-electron chi connectivity index (χ0n) is 11.8. The van der Waals surface area contributed by atoms with Crippen LogP contribution in [-0.2, 0) is 0 Å². The molecular formula is C15H23NO3. The predicted molar refractivity (Wildman–Crippen MR) is 75.9 cm³/mol. The summed E-state index contributed by atoms with van der Waals surface area (Å²) in [6, 6.07) is 6.76. The third-order valence-corrected chi connectivity index (χ3v) is 2.86. The molecule has 0 aliphatic rings. The first-order chi connectivity index (χ1) is 9.19. The van der Waals surface area contributed by atoms with Gasteiger partial charge in [0.25, 0.3) is 0 Å². The number of rotatable bonds is 9. The Labute approximate surface area is 115 Å². The van der Waals surface area contributed by atoms with Gasteiger partial charge in [-0.1, -0.05) is 26.0 Å². The molecule has 1 N–H and O–H groups in total. The molecule has 4 nitrogen and oxygen atoms in total. The van der Waals surface area contributed by atoms with E-state index >= 15 is 0 Å². The third kappa shape index (κ3) is 5.30. The summed E-state index contributed by atoms with van der Waals surface area (Å²) in [5.41, 5.74) is 0.222. The number of para-hydroxylation sites is 1. The Hall–Kier alpha value is -1.55. The van der Waals surface area contributed by atoms with Crippen LogP contribution in [0, 0.1) is 0 Å². The first kappa shape index (κ1) is 15.5. The van der Waals surface area contributed by atoms with Gasteiger partial charge < -0.3 is 9.84 Å². The van der Waals surface area contributed by atoms with E-state index in [4.69, 9.17) is 9.84 Å². The maximum Gasteiger partial charge on any atom is 0.339 e. The van der Waals surface area contributed by atoms with Gasteiger partial charge in [-0.3, -0.25) is 4.90 Å². The standard InChI is InChI=1S/C15H23NO3/c1-3-9-16(10-4-2)11-12-19-14-8-6-5-7-13(14)15(17)18/h5-8H,3-4,9-12H2,1-2H3,(H,17,18). The van der Waals surface area contributed by atoms with Gasteiger partial charge in [0.15, 0.2) is 0 Å². The quantitative estimate of drug-likeness (QED) is 0.746. The normalized spacial score (nSPS) is 10.7. The average molecular weight is 265 g/mol. The topological polar surface area (TPSA) is 49.8 Å².